The lowest BCUT2D eigenvalue weighted by Gasteiger charge is -2.03. The molecule has 2 aromatic heterocycles. The SMILES string of the molecule is CCOc1cccc2c(-c3nonc3N)c[nH]c12. The molecule has 92 valence electrons. The topological polar surface area (TPSA) is 90.0 Å². The molecule has 18 heavy (non-hydrogen) atoms. The normalized spacial score (nSPS) is 10.9. The molecule has 0 radical (unpaired) electrons. The lowest BCUT2D eigenvalue weighted by Crippen LogP contribution is -1.91. The van der Waals surface area contributed by atoms with Crippen molar-refractivity contribution in [2.24, 2.45) is 0 Å². The number of hydrogen-bond acceptors (Lipinski definition) is 5. The zero-order valence-electron chi connectivity index (χ0n) is 9.80. The molecule has 3 aromatic rings. The number of rotatable bonds is 3. The summed E-state index contributed by atoms with van der Waals surface area (Å²) in [6.45, 7) is 2.56. The van der Waals surface area contributed by atoms with Crippen molar-refractivity contribution < 1.29 is 9.37 Å². The highest BCUT2D eigenvalue weighted by Gasteiger charge is 2.15. The first-order chi connectivity index (χ1) is 8.81. The molecule has 0 fully saturated rings. The third kappa shape index (κ3) is 1.50. The average Bonchev–Trinajstić information content (AvgIpc) is 2.96. The Hall–Kier alpha value is -2.50. The van der Waals surface area contributed by atoms with Crippen LogP contribution < -0.4 is 10.5 Å². The molecule has 0 saturated heterocycles. The molecule has 0 aliphatic rings. The molecule has 3 N–H and O–H groups in total. The Kier molecular flexibility index (Phi) is 2.40. The Bertz CT molecular complexity index is 686. The van der Waals surface area contributed by atoms with Crippen LogP contribution in [0.5, 0.6) is 5.75 Å². The number of nitrogens with zero attached hydrogens (tertiary/aromatic N) is 2. The molecule has 0 saturated carbocycles. The summed E-state index contributed by atoms with van der Waals surface area (Å²) in [7, 11) is 0. The van der Waals surface area contributed by atoms with Crippen molar-refractivity contribution in [2.75, 3.05) is 12.3 Å². The first-order valence-corrected chi connectivity index (χ1v) is 5.62. The fourth-order valence-electron chi connectivity index (χ4n) is 1.98. The number of benzene rings is 1. The number of anilines is 1. The Morgan fingerprint density at radius 1 is 1.39 bits per heavy atom. The number of nitrogens with one attached hydrogen (secondary N) is 1. The quantitative estimate of drug-likeness (QED) is 0.737. The van der Waals surface area contributed by atoms with Gasteiger partial charge in [-0.25, -0.2) is 4.63 Å². The molecule has 0 amide bonds. The zero-order valence-corrected chi connectivity index (χ0v) is 9.80. The molecular formula is C12H12N4O2. The first kappa shape index (κ1) is 10.6. The summed E-state index contributed by atoms with van der Waals surface area (Å²) in [5, 5.41) is 8.37. The van der Waals surface area contributed by atoms with Crippen molar-refractivity contribution in [3.63, 3.8) is 0 Å². The number of hydrogen-bond donors (Lipinski definition) is 2. The van der Waals surface area contributed by atoms with Gasteiger partial charge in [0.2, 0.25) is 0 Å². The van der Waals surface area contributed by atoms with E-state index in [0.717, 1.165) is 22.2 Å². The second-order valence-corrected chi connectivity index (χ2v) is 3.81. The van der Waals surface area contributed by atoms with Gasteiger partial charge in [0.15, 0.2) is 11.5 Å². The van der Waals surface area contributed by atoms with E-state index in [9.17, 15) is 0 Å². The number of nitrogen functional groups attached to an aromatic ring is 1. The highest BCUT2D eigenvalue weighted by molar-refractivity contribution is 5.99. The van der Waals surface area contributed by atoms with Gasteiger partial charge in [0.25, 0.3) is 0 Å². The minimum absolute atomic E-state index is 0.276. The van der Waals surface area contributed by atoms with Gasteiger partial charge < -0.3 is 15.5 Å². The van der Waals surface area contributed by atoms with Crippen molar-refractivity contribution in [2.45, 2.75) is 6.92 Å². The van der Waals surface area contributed by atoms with Crippen LogP contribution in [0.3, 0.4) is 0 Å². The van der Waals surface area contributed by atoms with Crippen LogP contribution in [0, 0.1) is 0 Å². The summed E-state index contributed by atoms with van der Waals surface area (Å²) in [4.78, 5) is 3.17. The molecule has 2 heterocycles. The number of aromatic amines is 1. The van der Waals surface area contributed by atoms with Crippen LogP contribution in [-0.4, -0.2) is 21.9 Å². The lowest BCUT2D eigenvalue weighted by atomic mass is 10.1. The molecule has 3 rings (SSSR count). The van der Waals surface area contributed by atoms with E-state index in [1.807, 2.05) is 31.3 Å². The third-order valence-corrected chi connectivity index (χ3v) is 2.75. The Balaban J connectivity index is 2.21. The summed E-state index contributed by atoms with van der Waals surface area (Å²) in [6, 6.07) is 5.81. The maximum atomic E-state index is 5.71. The first-order valence-electron chi connectivity index (χ1n) is 5.62. The number of aromatic nitrogens is 3. The highest BCUT2D eigenvalue weighted by atomic mass is 16.6. The molecule has 6 heteroatoms. The molecule has 1 aromatic carbocycles. The van der Waals surface area contributed by atoms with E-state index in [1.165, 1.54) is 0 Å². The van der Waals surface area contributed by atoms with Crippen LogP contribution in [0.1, 0.15) is 6.92 Å². The summed E-state index contributed by atoms with van der Waals surface area (Å²) in [5.41, 5.74) is 8.01. The predicted octanol–water partition coefficient (Wildman–Crippen LogP) is 2.20. The van der Waals surface area contributed by atoms with E-state index in [0.29, 0.717) is 12.3 Å². The van der Waals surface area contributed by atoms with E-state index < -0.39 is 0 Å². The largest absolute Gasteiger partial charge is 0.492 e. The van der Waals surface area contributed by atoms with Crippen molar-refractivity contribution >= 4 is 16.7 Å². The van der Waals surface area contributed by atoms with Gasteiger partial charge in [0.05, 0.1) is 12.1 Å². The molecule has 0 bridgehead atoms. The van der Waals surface area contributed by atoms with Crippen LogP contribution in [-0.2, 0) is 0 Å². The minimum atomic E-state index is 0.276. The van der Waals surface area contributed by atoms with E-state index >= 15 is 0 Å². The second kappa shape index (κ2) is 4.06. The number of ether oxygens (including phenoxy) is 1. The number of para-hydroxylation sites is 1. The number of H-pyrrole nitrogens is 1. The van der Waals surface area contributed by atoms with E-state index in [-0.39, 0.29) is 5.82 Å². The molecule has 0 unspecified atom stereocenters. The van der Waals surface area contributed by atoms with Crippen LogP contribution in [0.25, 0.3) is 22.2 Å². The molecular weight excluding hydrogens is 232 g/mol. The number of fused-ring (bicyclic) bond motifs is 1. The van der Waals surface area contributed by atoms with Gasteiger partial charge >= 0.3 is 0 Å². The van der Waals surface area contributed by atoms with Gasteiger partial charge in [-0.05, 0) is 23.3 Å². The lowest BCUT2D eigenvalue weighted by molar-refractivity contribution is 0.310. The van der Waals surface area contributed by atoms with Gasteiger partial charge in [0.1, 0.15) is 5.75 Å². The fraction of sp³-hybridized carbons (Fsp3) is 0.167. The second-order valence-electron chi connectivity index (χ2n) is 3.81. The van der Waals surface area contributed by atoms with Crippen molar-refractivity contribution in [1.82, 2.24) is 15.3 Å². The summed E-state index contributed by atoms with van der Waals surface area (Å²) in [6.07, 6.45) is 1.82. The molecule has 6 nitrogen and oxygen atoms in total. The van der Waals surface area contributed by atoms with Gasteiger partial charge in [-0.15, -0.1) is 0 Å². The molecule has 0 aliphatic carbocycles. The smallest absolute Gasteiger partial charge is 0.196 e. The van der Waals surface area contributed by atoms with Crippen molar-refractivity contribution in [1.29, 1.82) is 0 Å². The minimum Gasteiger partial charge on any atom is -0.492 e. The Morgan fingerprint density at radius 2 is 2.28 bits per heavy atom. The standard InChI is InChI=1S/C12H12N4O2/c1-2-17-9-5-3-4-7-8(6-14-10(7)9)11-12(13)16-18-15-11/h3-6,14H,2H2,1H3,(H2,13,16). The van der Waals surface area contributed by atoms with Crippen LogP contribution in [0.2, 0.25) is 0 Å². The summed E-state index contributed by atoms with van der Waals surface area (Å²) in [5.74, 6) is 1.08. The van der Waals surface area contributed by atoms with Gasteiger partial charge in [0, 0.05) is 17.1 Å². The number of nitrogens with two attached hydrogens (primary N) is 1. The highest BCUT2D eigenvalue weighted by Crippen LogP contribution is 2.34. The van der Waals surface area contributed by atoms with Crippen LogP contribution in [0.4, 0.5) is 5.82 Å². The van der Waals surface area contributed by atoms with Crippen LogP contribution in [0.15, 0.2) is 29.0 Å². The van der Waals surface area contributed by atoms with Gasteiger partial charge in [-0.2, -0.15) is 0 Å². The summed E-state index contributed by atoms with van der Waals surface area (Å²) < 4.78 is 10.2. The van der Waals surface area contributed by atoms with E-state index in [1.54, 1.807) is 0 Å². The van der Waals surface area contributed by atoms with Crippen molar-refractivity contribution in [3.8, 4) is 17.0 Å². The van der Waals surface area contributed by atoms with Gasteiger partial charge in [-0.1, -0.05) is 12.1 Å². The van der Waals surface area contributed by atoms with Crippen LogP contribution >= 0.6 is 0 Å². The molecule has 0 atom stereocenters. The van der Waals surface area contributed by atoms with Crippen molar-refractivity contribution in [3.05, 3.63) is 24.4 Å². The molecule has 0 spiro atoms. The average molecular weight is 244 g/mol. The predicted molar refractivity (Wildman–Crippen MR) is 67.2 cm³/mol. The maximum Gasteiger partial charge on any atom is 0.196 e. The maximum absolute atomic E-state index is 5.71. The zero-order chi connectivity index (χ0) is 12.5. The molecule has 0 aliphatic heterocycles. The van der Waals surface area contributed by atoms with E-state index in [2.05, 4.69) is 19.9 Å². The summed E-state index contributed by atoms with van der Waals surface area (Å²) >= 11 is 0. The third-order valence-electron chi connectivity index (χ3n) is 2.75. The Morgan fingerprint density at radius 3 is 3.00 bits per heavy atom. The van der Waals surface area contributed by atoms with Gasteiger partial charge in [-0.3, -0.25) is 0 Å². The van der Waals surface area contributed by atoms with E-state index in [4.69, 9.17) is 10.5 Å². The Labute approximate surface area is 103 Å². The monoisotopic (exact) mass is 244 g/mol. The fourth-order valence-corrected chi connectivity index (χ4v) is 1.98.